The van der Waals surface area contributed by atoms with Crippen molar-refractivity contribution in [2.75, 3.05) is 16.0 Å². The van der Waals surface area contributed by atoms with Crippen LogP contribution < -0.4 is 14.9 Å². The number of rotatable bonds is 6. The van der Waals surface area contributed by atoms with E-state index in [4.69, 9.17) is 27.7 Å². The van der Waals surface area contributed by atoms with Gasteiger partial charge in [0, 0.05) is 10.0 Å². The topological polar surface area (TPSA) is 91.7 Å². The van der Waals surface area contributed by atoms with Gasteiger partial charge in [0.05, 0.1) is 11.4 Å². The summed E-state index contributed by atoms with van der Waals surface area (Å²) in [4.78, 5) is 31.6. The van der Waals surface area contributed by atoms with Gasteiger partial charge in [0.1, 0.15) is 5.70 Å². The van der Waals surface area contributed by atoms with Crippen molar-refractivity contribution in [3.8, 4) is 0 Å². The SMILES string of the molecule is CC[n+]1cc(NC(=O)CSC2=N/C(=C/c3ccc(Cl)cc3Cl)C(=O)N2c2ccccc2)on1. The standard InChI is InChI=1S/C22H17Cl2N5O3S/c1-2-28-12-20(32-27-28)26-19(30)13-33-22-25-18(10-14-8-9-15(23)11-17(14)24)21(31)29(22)16-6-4-3-5-7-16/h3-12H,2,13H2,1H3/p+1/b18-10+. The molecule has 2 amide bonds. The van der Waals surface area contributed by atoms with E-state index in [1.165, 1.54) is 4.90 Å². The van der Waals surface area contributed by atoms with Crippen LogP contribution in [0.1, 0.15) is 12.5 Å². The van der Waals surface area contributed by atoms with Crippen LogP contribution in [-0.4, -0.2) is 28.0 Å². The van der Waals surface area contributed by atoms with Crippen LogP contribution in [0, 0.1) is 0 Å². The van der Waals surface area contributed by atoms with Crippen LogP contribution in [0.3, 0.4) is 0 Å². The molecule has 4 rings (SSSR count). The number of aliphatic imine (C=N–C) groups is 1. The van der Waals surface area contributed by atoms with Crippen molar-refractivity contribution in [2.45, 2.75) is 13.5 Å². The van der Waals surface area contributed by atoms with Gasteiger partial charge in [-0.05, 0) is 42.8 Å². The highest BCUT2D eigenvalue weighted by Crippen LogP contribution is 2.31. The molecule has 1 N–H and O–H groups in total. The molecule has 0 saturated heterocycles. The zero-order chi connectivity index (χ0) is 23.4. The smallest absolute Gasteiger partial charge is 0.288 e. The molecule has 0 spiro atoms. The van der Waals surface area contributed by atoms with Gasteiger partial charge >= 0.3 is 5.88 Å². The maximum Gasteiger partial charge on any atom is 0.302 e. The Labute approximate surface area is 203 Å². The first-order valence-corrected chi connectivity index (χ1v) is 11.6. The Bertz CT molecular complexity index is 1260. The van der Waals surface area contributed by atoms with Crippen LogP contribution in [-0.2, 0) is 16.1 Å². The van der Waals surface area contributed by atoms with Gasteiger partial charge in [0.2, 0.25) is 11.2 Å². The number of anilines is 2. The predicted octanol–water partition coefficient (Wildman–Crippen LogP) is 4.40. The van der Waals surface area contributed by atoms with Crippen molar-refractivity contribution in [2.24, 2.45) is 4.99 Å². The molecule has 33 heavy (non-hydrogen) atoms. The molecule has 1 aromatic heterocycles. The van der Waals surface area contributed by atoms with E-state index >= 15 is 0 Å². The van der Waals surface area contributed by atoms with Crippen LogP contribution in [0.4, 0.5) is 11.6 Å². The van der Waals surface area contributed by atoms with Crippen LogP contribution in [0.5, 0.6) is 0 Å². The number of amides is 2. The molecule has 8 nitrogen and oxygen atoms in total. The lowest BCUT2D eigenvalue weighted by atomic mass is 10.2. The molecule has 3 aromatic rings. The first-order chi connectivity index (χ1) is 15.9. The summed E-state index contributed by atoms with van der Waals surface area (Å²) in [5, 5.41) is 7.67. The molecule has 1 aliphatic heterocycles. The molecule has 0 saturated carbocycles. The van der Waals surface area contributed by atoms with E-state index < -0.39 is 0 Å². The molecule has 0 fully saturated rings. The van der Waals surface area contributed by atoms with Gasteiger partial charge in [-0.15, -0.1) is 0 Å². The molecule has 0 atom stereocenters. The predicted molar refractivity (Wildman–Crippen MR) is 129 cm³/mol. The summed E-state index contributed by atoms with van der Waals surface area (Å²) in [6.45, 7) is 2.52. The molecular formula is C22H18Cl2N5O3S+. The summed E-state index contributed by atoms with van der Waals surface area (Å²) in [6.07, 6.45) is 3.19. The number of nitrogens with zero attached hydrogens (tertiary/aromatic N) is 4. The second-order valence-corrected chi connectivity index (χ2v) is 8.61. The molecule has 0 radical (unpaired) electrons. The van der Waals surface area contributed by atoms with E-state index in [1.807, 2.05) is 25.1 Å². The Balaban J connectivity index is 1.56. The molecule has 0 unspecified atom stereocenters. The number of para-hydroxylation sites is 1. The van der Waals surface area contributed by atoms with E-state index in [-0.39, 0.29) is 29.1 Å². The highest BCUT2D eigenvalue weighted by atomic mass is 35.5. The summed E-state index contributed by atoms with van der Waals surface area (Å²) in [7, 11) is 0. The minimum absolute atomic E-state index is 0.0112. The summed E-state index contributed by atoms with van der Waals surface area (Å²) in [6, 6.07) is 14.1. The molecule has 168 valence electrons. The molecular weight excluding hydrogens is 485 g/mol. The van der Waals surface area contributed by atoms with Gasteiger partial charge in [0.25, 0.3) is 12.1 Å². The third kappa shape index (κ3) is 5.44. The van der Waals surface area contributed by atoms with Crippen molar-refractivity contribution in [1.82, 2.24) is 5.27 Å². The third-order valence-electron chi connectivity index (χ3n) is 4.53. The number of thioether (sulfide) groups is 1. The molecule has 1 aliphatic rings. The molecule has 2 aromatic carbocycles. The molecule has 2 heterocycles. The Hall–Kier alpha value is -3.14. The summed E-state index contributed by atoms with van der Waals surface area (Å²) >= 11 is 13.4. The average Bonchev–Trinajstić information content (AvgIpc) is 3.38. The van der Waals surface area contributed by atoms with Gasteiger partial charge < -0.3 is 0 Å². The number of hydrogen-bond acceptors (Lipinski definition) is 6. The van der Waals surface area contributed by atoms with E-state index in [1.54, 1.807) is 47.3 Å². The highest BCUT2D eigenvalue weighted by Gasteiger charge is 2.32. The van der Waals surface area contributed by atoms with E-state index in [0.29, 0.717) is 33.0 Å². The Morgan fingerprint density at radius 3 is 2.73 bits per heavy atom. The van der Waals surface area contributed by atoms with Crippen LogP contribution >= 0.6 is 35.0 Å². The van der Waals surface area contributed by atoms with E-state index in [9.17, 15) is 9.59 Å². The van der Waals surface area contributed by atoms with Crippen LogP contribution in [0.2, 0.25) is 10.0 Å². The van der Waals surface area contributed by atoms with Crippen molar-refractivity contribution in [3.63, 3.8) is 0 Å². The third-order valence-corrected chi connectivity index (χ3v) is 6.03. The largest absolute Gasteiger partial charge is 0.302 e. The van der Waals surface area contributed by atoms with Crippen molar-refractivity contribution in [3.05, 3.63) is 76.0 Å². The Morgan fingerprint density at radius 2 is 2.03 bits per heavy atom. The number of halogens is 2. The van der Waals surface area contributed by atoms with Crippen molar-refractivity contribution in [1.29, 1.82) is 0 Å². The lowest BCUT2D eigenvalue weighted by Gasteiger charge is -2.17. The molecule has 0 aliphatic carbocycles. The number of carbonyl (C=O) groups excluding carboxylic acids is 2. The fraction of sp³-hybridized carbons (Fsp3) is 0.136. The number of aryl methyl sites for hydroxylation is 1. The van der Waals surface area contributed by atoms with E-state index in [0.717, 1.165) is 11.8 Å². The maximum atomic E-state index is 13.2. The number of amidine groups is 1. The zero-order valence-corrected chi connectivity index (χ0v) is 19.7. The number of carbonyl (C=O) groups is 2. The van der Waals surface area contributed by atoms with Gasteiger partial charge in [0.15, 0.2) is 11.7 Å². The number of hydrogen-bond donors (Lipinski definition) is 1. The van der Waals surface area contributed by atoms with Crippen molar-refractivity contribution >= 4 is 69.6 Å². The minimum Gasteiger partial charge on any atom is -0.288 e. The summed E-state index contributed by atoms with van der Waals surface area (Å²) in [5.74, 6) is -0.392. The first-order valence-electron chi connectivity index (χ1n) is 9.88. The Morgan fingerprint density at radius 1 is 1.24 bits per heavy atom. The lowest BCUT2D eigenvalue weighted by molar-refractivity contribution is -0.759. The second-order valence-electron chi connectivity index (χ2n) is 6.82. The van der Waals surface area contributed by atoms with Gasteiger partial charge in [-0.3, -0.25) is 24.3 Å². The number of nitrogens with one attached hydrogen (secondary N) is 1. The van der Waals surface area contributed by atoms with Gasteiger partial charge in [-0.25, -0.2) is 4.99 Å². The highest BCUT2D eigenvalue weighted by molar-refractivity contribution is 8.14. The fourth-order valence-corrected chi connectivity index (χ4v) is 4.23. The molecule has 11 heteroatoms. The van der Waals surface area contributed by atoms with Crippen molar-refractivity contribution < 1.29 is 18.8 Å². The normalized spacial score (nSPS) is 14.6. The van der Waals surface area contributed by atoms with Crippen LogP contribution in [0.15, 0.2) is 69.9 Å². The quantitative estimate of drug-likeness (QED) is 0.398. The zero-order valence-electron chi connectivity index (χ0n) is 17.4. The Kier molecular flexibility index (Phi) is 7.12. The monoisotopic (exact) mass is 502 g/mol. The first kappa shape index (κ1) is 23.0. The summed E-state index contributed by atoms with van der Waals surface area (Å²) in [5.41, 5.74) is 1.45. The number of benzene rings is 2. The fourth-order valence-electron chi connectivity index (χ4n) is 2.95. The molecule has 0 bridgehead atoms. The second kappa shape index (κ2) is 10.2. The maximum absolute atomic E-state index is 13.2. The number of aromatic nitrogens is 2. The van der Waals surface area contributed by atoms with Crippen LogP contribution in [0.25, 0.3) is 6.08 Å². The minimum atomic E-state index is -0.325. The summed E-state index contributed by atoms with van der Waals surface area (Å²) < 4.78 is 6.61. The van der Waals surface area contributed by atoms with Gasteiger partial charge in [-0.2, -0.15) is 0 Å². The average molecular weight is 503 g/mol. The van der Waals surface area contributed by atoms with Gasteiger partial charge in [-0.1, -0.05) is 63.9 Å². The lowest BCUT2D eigenvalue weighted by Crippen LogP contribution is -2.33. The van der Waals surface area contributed by atoms with E-state index in [2.05, 4.69) is 15.6 Å².